The molecule has 2 unspecified atom stereocenters. The molecule has 8 heteroatoms. The number of ether oxygens (including phenoxy) is 2. The number of rotatable bonds is 4. The van der Waals surface area contributed by atoms with Gasteiger partial charge in [-0.05, 0) is 52.0 Å². The van der Waals surface area contributed by atoms with Crippen molar-refractivity contribution in [3.63, 3.8) is 0 Å². The number of carbonyl (C=O) groups is 1. The summed E-state index contributed by atoms with van der Waals surface area (Å²) in [4.78, 5) is 12.4. The highest BCUT2D eigenvalue weighted by atomic mass is 79.9. The Bertz CT molecular complexity index is 1000. The number of anilines is 1. The highest BCUT2D eigenvalue weighted by Crippen LogP contribution is 2.55. The summed E-state index contributed by atoms with van der Waals surface area (Å²) in [7, 11) is -2.64. The molecule has 136 valence electrons. The van der Waals surface area contributed by atoms with Crippen LogP contribution < -0.4 is 9.46 Å². The predicted molar refractivity (Wildman–Crippen MR) is 99.1 cm³/mol. The van der Waals surface area contributed by atoms with Gasteiger partial charge in [0.05, 0.1) is 19.4 Å². The molecule has 2 aromatic carbocycles. The minimum atomic E-state index is -3.90. The quantitative estimate of drug-likeness (QED) is 0.739. The van der Waals surface area contributed by atoms with Crippen molar-refractivity contribution in [1.82, 2.24) is 0 Å². The Balaban J connectivity index is 1.80. The van der Waals surface area contributed by atoms with E-state index in [9.17, 15) is 13.2 Å². The van der Waals surface area contributed by atoms with Gasteiger partial charge in [0, 0.05) is 10.4 Å². The molecule has 2 atom stereocenters. The van der Waals surface area contributed by atoms with Crippen molar-refractivity contribution in [3.8, 4) is 5.75 Å². The Morgan fingerprint density at radius 1 is 1.27 bits per heavy atom. The fourth-order valence-electron chi connectivity index (χ4n) is 3.30. The molecule has 1 N–H and O–H groups in total. The van der Waals surface area contributed by atoms with E-state index in [-0.39, 0.29) is 16.1 Å². The molecule has 0 amide bonds. The molecular formula is C18H16BrNO5S. The van der Waals surface area contributed by atoms with E-state index in [2.05, 4.69) is 20.7 Å². The number of hydrogen-bond acceptors (Lipinski definition) is 5. The summed E-state index contributed by atoms with van der Waals surface area (Å²) in [6.07, 6.45) is 1.02. The molecule has 0 bridgehead atoms. The lowest BCUT2D eigenvalue weighted by atomic mass is 10.0. The Labute approximate surface area is 159 Å². The average molecular weight is 438 g/mol. The fraction of sp³-hybridized carbons (Fsp3) is 0.278. The van der Waals surface area contributed by atoms with Crippen molar-refractivity contribution in [2.24, 2.45) is 5.92 Å². The van der Waals surface area contributed by atoms with Crippen LogP contribution in [0.15, 0.2) is 45.8 Å². The number of methoxy groups -OCH3 is 1. The van der Waals surface area contributed by atoms with E-state index >= 15 is 0 Å². The van der Waals surface area contributed by atoms with E-state index in [0.717, 1.165) is 12.0 Å². The summed E-state index contributed by atoms with van der Waals surface area (Å²) in [6.45, 7) is 0.530. The summed E-state index contributed by atoms with van der Waals surface area (Å²) in [5.41, 5.74) is 1.20. The van der Waals surface area contributed by atoms with E-state index in [1.807, 2.05) is 6.07 Å². The molecule has 0 saturated heterocycles. The largest absolute Gasteiger partial charge is 0.492 e. The molecule has 2 aromatic rings. The Morgan fingerprint density at radius 3 is 2.77 bits per heavy atom. The van der Waals surface area contributed by atoms with Crippen LogP contribution in [-0.4, -0.2) is 28.1 Å². The summed E-state index contributed by atoms with van der Waals surface area (Å²) >= 11 is 3.24. The van der Waals surface area contributed by atoms with E-state index in [1.54, 1.807) is 24.3 Å². The van der Waals surface area contributed by atoms with Gasteiger partial charge in [0.2, 0.25) is 0 Å². The number of fused-ring (bicyclic) bond motifs is 3. The number of benzene rings is 2. The third-order valence-electron chi connectivity index (χ3n) is 4.71. The first-order valence-electron chi connectivity index (χ1n) is 8.07. The molecule has 0 aromatic heterocycles. The number of halogens is 1. The van der Waals surface area contributed by atoms with E-state index in [1.165, 1.54) is 13.2 Å². The van der Waals surface area contributed by atoms with Gasteiger partial charge in [0.15, 0.2) is 0 Å². The molecular weight excluding hydrogens is 422 g/mol. The molecule has 0 spiro atoms. The van der Waals surface area contributed by atoms with Crippen LogP contribution in [0.1, 0.15) is 28.3 Å². The second-order valence-corrected chi connectivity index (χ2v) is 8.85. The maximum absolute atomic E-state index is 12.8. The molecule has 1 aliphatic carbocycles. The summed E-state index contributed by atoms with van der Waals surface area (Å²) in [5, 5.41) is 0. The van der Waals surface area contributed by atoms with Gasteiger partial charge >= 0.3 is 5.97 Å². The van der Waals surface area contributed by atoms with Gasteiger partial charge in [-0.2, -0.15) is 0 Å². The minimum absolute atomic E-state index is 0.0803. The number of hydrogen-bond donors (Lipinski definition) is 1. The van der Waals surface area contributed by atoms with Gasteiger partial charge in [-0.1, -0.05) is 18.2 Å². The lowest BCUT2D eigenvalue weighted by Crippen LogP contribution is -2.19. The molecule has 4 rings (SSSR count). The maximum atomic E-state index is 12.8. The summed E-state index contributed by atoms with van der Waals surface area (Å²) in [5.74, 6) is 0.639. The van der Waals surface area contributed by atoms with Crippen LogP contribution in [0, 0.1) is 5.92 Å². The molecule has 6 nitrogen and oxygen atoms in total. The van der Waals surface area contributed by atoms with Crippen molar-refractivity contribution < 1.29 is 22.7 Å². The summed E-state index contributed by atoms with van der Waals surface area (Å²) < 4.78 is 39.2. The number of esters is 1. The van der Waals surface area contributed by atoms with Crippen molar-refractivity contribution in [2.75, 3.05) is 18.4 Å². The summed E-state index contributed by atoms with van der Waals surface area (Å²) in [6, 6.07) is 9.89. The first-order valence-corrected chi connectivity index (χ1v) is 10.4. The van der Waals surface area contributed by atoms with Gasteiger partial charge in [-0.3, -0.25) is 4.72 Å². The normalized spacial score (nSPS) is 20.4. The lowest BCUT2D eigenvalue weighted by Gasteiger charge is -2.22. The average Bonchev–Trinajstić information content (AvgIpc) is 3.40. The Kier molecular flexibility index (Phi) is 4.19. The maximum Gasteiger partial charge on any atom is 0.343 e. The first-order chi connectivity index (χ1) is 12.4. The van der Waals surface area contributed by atoms with Gasteiger partial charge in [0.1, 0.15) is 16.2 Å². The zero-order valence-electron chi connectivity index (χ0n) is 13.9. The minimum Gasteiger partial charge on any atom is -0.492 e. The zero-order chi connectivity index (χ0) is 18.5. The predicted octanol–water partition coefficient (Wildman–Crippen LogP) is 3.53. The molecule has 1 saturated carbocycles. The lowest BCUT2D eigenvalue weighted by molar-refractivity contribution is 0.0596. The highest BCUT2D eigenvalue weighted by Gasteiger charge is 2.45. The molecule has 1 aliphatic heterocycles. The van der Waals surface area contributed by atoms with Crippen LogP contribution in [0.3, 0.4) is 0 Å². The molecule has 0 radical (unpaired) electrons. The van der Waals surface area contributed by atoms with Gasteiger partial charge in [-0.15, -0.1) is 0 Å². The number of sulfonamides is 1. The third-order valence-corrected chi connectivity index (χ3v) is 7.09. The van der Waals surface area contributed by atoms with Gasteiger partial charge < -0.3 is 9.47 Å². The van der Waals surface area contributed by atoms with Crippen LogP contribution in [0.4, 0.5) is 5.69 Å². The molecule has 1 fully saturated rings. The molecule has 2 aliphatic rings. The first kappa shape index (κ1) is 17.4. The van der Waals surface area contributed by atoms with Crippen LogP contribution in [0.5, 0.6) is 5.75 Å². The SMILES string of the molecule is COC(=O)c1c(NS(=O)(=O)c2ccccc2Br)ccc2c1OCC1CC21. The van der Waals surface area contributed by atoms with E-state index in [4.69, 9.17) is 9.47 Å². The third kappa shape index (κ3) is 2.87. The number of nitrogens with one attached hydrogen (secondary N) is 1. The molecule has 1 heterocycles. The van der Waals surface area contributed by atoms with Crippen molar-refractivity contribution in [3.05, 3.63) is 52.0 Å². The van der Waals surface area contributed by atoms with Crippen LogP contribution in [0.25, 0.3) is 0 Å². The Hall–Kier alpha value is -2.06. The van der Waals surface area contributed by atoms with Crippen molar-refractivity contribution in [1.29, 1.82) is 0 Å². The highest BCUT2D eigenvalue weighted by molar-refractivity contribution is 9.10. The van der Waals surface area contributed by atoms with Crippen molar-refractivity contribution >= 4 is 37.6 Å². The fourth-order valence-corrected chi connectivity index (χ4v) is 5.38. The zero-order valence-corrected chi connectivity index (χ0v) is 16.3. The van der Waals surface area contributed by atoms with Crippen LogP contribution >= 0.6 is 15.9 Å². The van der Waals surface area contributed by atoms with Crippen molar-refractivity contribution in [2.45, 2.75) is 17.2 Å². The van der Waals surface area contributed by atoms with Gasteiger partial charge in [0.25, 0.3) is 10.0 Å². The van der Waals surface area contributed by atoms with E-state index in [0.29, 0.717) is 28.7 Å². The van der Waals surface area contributed by atoms with Gasteiger partial charge in [-0.25, -0.2) is 13.2 Å². The standard InChI is InChI=1S/C18H16BrNO5S/c1-24-18(21)16-14(7-6-11-12-8-10(12)9-25-17(11)16)20-26(22,23)15-5-3-2-4-13(15)19/h2-7,10,12,20H,8-9H2,1H3. The topological polar surface area (TPSA) is 81.7 Å². The second-order valence-electron chi connectivity index (χ2n) is 6.35. The van der Waals surface area contributed by atoms with Crippen LogP contribution in [-0.2, 0) is 14.8 Å². The Morgan fingerprint density at radius 2 is 2.04 bits per heavy atom. The number of carbonyl (C=O) groups excluding carboxylic acids is 1. The monoisotopic (exact) mass is 437 g/mol. The van der Waals surface area contributed by atoms with E-state index < -0.39 is 16.0 Å². The van der Waals surface area contributed by atoms with Crippen LogP contribution in [0.2, 0.25) is 0 Å². The smallest absolute Gasteiger partial charge is 0.343 e. The second kappa shape index (κ2) is 6.28. The molecule has 26 heavy (non-hydrogen) atoms.